The van der Waals surface area contributed by atoms with Crippen molar-refractivity contribution in [3.8, 4) is 11.5 Å². The second-order valence-electron chi connectivity index (χ2n) is 5.16. The molecule has 0 N–H and O–H groups in total. The van der Waals surface area contributed by atoms with E-state index < -0.39 is 0 Å². The zero-order valence-electron chi connectivity index (χ0n) is 13.6. The van der Waals surface area contributed by atoms with Gasteiger partial charge in [0.15, 0.2) is 0 Å². The van der Waals surface area contributed by atoms with Crippen LogP contribution in [0.3, 0.4) is 0 Å². The van der Waals surface area contributed by atoms with Crippen LogP contribution in [0.15, 0.2) is 77.3 Å². The number of para-hydroxylation sites is 4. The Labute approximate surface area is 150 Å². The lowest BCUT2D eigenvalue weighted by Crippen LogP contribution is -2.12. The molecule has 4 heteroatoms. The lowest BCUT2D eigenvalue weighted by molar-refractivity contribution is 0.412. The van der Waals surface area contributed by atoms with Crippen molar-refractivity contribution in [3.63, 3.8) is 0 Å². The van der Waals surface area contributed by atoms with Crippen LogP contribution < -0.4 is 14.4 Å². The molecule has 0 spiro atoms. The molecule has 3 aromatic carbocycles. The van der Waals surface area contributed by atoms with E-state index in [9.17, 15) is 0 Å². The zero-order valence-corrected chi connectivity index (χ0v) is 15.2. The topological polar surface area (TPSA) is 21.7 Å². The summed E-state index contributed by atoms with van der Waals surface area (Å²) in [7, 11) is 3.36. The fourth-order valence-electron chi connectivity index (χ4n) is 2.63. The Morgan fingerprint density at radius 2 is 1.12 bits per heavy atom. The molecule has 3 rings (SSSR count). The van der Waals surface area contributed by atoms with Gasteiger partial charge in [-0.2, -0.15) is 0 Å². The van der Waals surface area contributed by atoms with Crippen molar-refractivity contribution in [2.24, 2.45) is 0 Å². The van der Waals surface area contributed by atoms with Gasteiger partial charge in [-0.05, 0) is 48.5 Å². The summed E-state index contributed by atoms with van der Waals surface area (Å²) in [5.74, 6) is 1.60. The maximum Gasteiger partial charge on any atom is 0.142 e. The number of rotatable bonds is 5. The van der Waals surface area contributed by atoms with E-state index >= 15 is 0 Å². The van der Waals surface area contributed by atoms with Crippen LogP contribution in [0.2, 0.25) is 0 Å². The van der Waals surface area contributed by atoms with Gasteiger partial charge in [-0.3, -0.25) is 0 Å². The van der Waals surface area contributed by atoms with Crippen LogP contribution in [0.5, 0.6) is 11.5 Å². The number of nitrogens with zero attached hydrogens (tertiary/aromatic N) is 1. The first-order valence-corrected chi connectivity index (χ1v) is 8.35. The van der Waals surface area contributed by atoms with Crippen LogP contribution >= 0.6 is 15.9 Å². The molecular formula is C20H18BrNO2. The number of methoxy groups -OCH3 is 2. The van der Waals surface area contributed by atoms with Crippen molar-refractivity contribution < 1.29 is 9.47 Å². The number of anilines is 3. The second-order valence-corrected chi connectivity index (χ2v) is 6.07. The Kier molecular flexibility index (Phi) is 5.06. The lowest BCUT2D eigenvalue weighted by atomic mass is 10.1. The molecule has 0 radical (unpaired) electrons. The van der Waals surface area contributed by atoms with E-state index in [0.29, 0.717) is 0 Å². The van der Waals surface area contributed by atoms with Crippen molar-refractivity contribution in [1.29, 1.82) is 0 Å². The van der Waals surface area contributed by atoms with Crippen LogP contribution in [0.4, 0.5) is 17.1 Å². The summed E-state index contributed by atoms with van der Waals surface area (Å²) in [5.41, 5.74) is 2.92. The van der Waals surface area contributed by atoms with Gasteiger partial charge in [0.2, 0.25) is 0 Å². The molecule has 0 saturated carbocycles. The fraction of sp³-hybridized carbons (Fsp3) is 0.100. The molecule has 0 aromatic heterocycles. The molecule has 0 amide bonds. The van der Waals surface area contributed by atoms with Gasteiger partial charge in [-0.1, -0.05) is 40.2 Å². The van der Waals surface area contributed by atoms with E-state index in [1.54, 1.807) is 14.2 Å². The number of hydrogen-bond donors (Lipinski definition) is 0. The predicted octanol–water partition coefficient (Wildman–Crippen LogP) is 5.94. The summed E-state index contributed by atoms with van der Waals surface area (Å²) in [6, 6.07) is 24.1. The minimum absolute atomic E-state index is 0.798. The van der Waals surface area contributed by atoms with E-state index in [4.69, 9.17) is 9.47 Å². The van der Waals surface area contributed by atoms with Crippen LogP contribution in [-0.4, -0.2) is 14.2 Å². The minimum Gasteiger partial charge on any atom is -0.495 e. The Morgan fingerprint density at radius 1 is 0.667 bits per heavy atom. The number of halogens is 1. The Hall–Kier alpha value is -2.46. The maximum atomic E-state index is 5.57. The highest BCUT2D eigenvalue weighted by Gasteiger charge is 2.19. The first-order valence-electron chi connectivity index (χ1n) is 7.56. The van der Waals surface area contributed by atoms with Gasteiger partial charge in [-0.25, -0.2) is 0 Å². The average molecular weight is 384 g/mol. The molecule has 24 heavy (non-hydrogen) atoms. The molecule has 0 bridgehead atoms. The summed E-state index contributed by atoms with van der Waals surface area (Å²) in [6.45, 7) is 0. The molecule has 0 aliphatic rings. The molecular weight excluding hydrogens is 366 g/mol. The molecule has 3 nitrogen and oxygen atoms in total. The minimum atomic E-state index is 0.798. The molecule has 0 unspecified atom stereocenters. The lowest BCUT2D eigenvalue weighted by Gasteiger charge is -2.28. The zero-order chi connectivity index (χ0) is 16.9. The largest absolute Gasteiger partial charge is 0.495 e. The molecule has 0 saturated heterocycles. The van der Waals surface area contributed by atoms with Crippen molar-refractivity contribution in [2.75, 3.05) is 19.1 Å². The summed E-state index contributed by atoms with van der Waals surface area (Å²) in [4.78, 5) is 2.13. The van der Waals surface area contributed by atoms with Gasteiger partial charge in [0.1, 0.15) is 11.5 Å². The van der Waals surface area contributed by atoms with Crippen LogP contribution in [-0.2, 0) is 0 Å². The van der Waals surface area contributed by atoms with E-state index in [2.05, 4.69) is 33.0 Å². The SMILES string of the molecule is COc1ccccc1N(c1ccc(Br)cc1)c1ccccc1OC. The first kappa shape index (κ1) is 16.4. The standard InChI is InChI=1S/C20H18BrNO2/c1-23-19-9-5-3-7-17(19)22(16-13-11-15(21)12-14-16)18-8-4-6-10-20(18)24-2/h3-14H,1-2H3. The molecule has 0 aliphatic carbocycles. The highest BCUT2D eigenvalue weighted by Crippen LogP contribution is 2.43. The third-order valence-corrected chi connectivity index (χ3v) is 4.27. The van der Waals surface area contributed by atoms with Gasteiger partial charge in [0.05, 0.1) is 25.6 Å². The van der Waals surface area contributed by atoms with E-state index in [0.717, 1.165) is 33.0 Å². The first-order chi connectivity index (χ1) is 11.7. The normalized spacial score (nSPS) is 10.3. The number of benzene rings is 3. The van der Waals surface area contributed by atoms with E-state index in [1.165, 1.54) is 0 Å². The Bertz CT molecular complexity index is 770. The predicted molar refractivity (Wildman–Crippen MR) is 102 cm³/mol. The Balaban J connectivity index is 2.23. The summed E-state index contributed by atoms with van der Waals surface area (Å²) < 4.78 is 12.2. The van der Waals surface area contributed by atoms with Crippen LogP contribution in [0, 0.1) is 0 Å². The van der Waals surface area contributed by atoms with Crippen molar-refractivity contribution in [1.82, 2.24) is 0 Å². The quantitative estimate of drug-likeness (QED) is 0.544. The second kappa shape index (κ2) is 7.41. The molecule has 0 atom stereocenters. The summed E-state index contributed by atoms with van der Waals surface area (Å²) >= 11 is 3.50. The van der Waals surface area contributed by atoms with Crippen molar-refractivity contribution >= 4 is 33.0 Å². The fourth-order valence-corrected chi connectivity index (χ4v) is 2.89. The van der Waals surface area contributed by atoms with Crippen molar-refractivity contribution in [3.05, 3.63) is 77.3 Å². The van der Waals surface area contributed by atoms with Gasteiger partial charge < -0.3 is 14.4 Å². The molecule has 3 aromatic rings. The van der Waals surface area contributed by atoms with E-state index in [-0.39, 0.29) is 0 Å². The van der Waals surface area contributed by atoms with Gasteiger partial charge >= 0.3 is 0 Å². The van der Waals surface area contributed by atoms with Crippen LogP contribution in [0.25, 0.3) is 0 Å². The average Bonchev–Trinajstić information content (AvgIpc) is 2.64. The van der Waals surface area contributed by atoms with Gasteiger partial charge in [-0.15, -0.1) is 0 Å². The molecule has 0 fully saturated rings. The number of hydrogen-bond acceptors (Lipinski definition) is 3. The molecule has 122 valence electrons. The molecule has 0 aliphatic heterocycles. The van der Waals surface area contributed by atoms with E-state index in [1.807, 2.05) is 60.7 Å². The number of ether oxygens (including phenoxy) is 2. The third-order valence-electron chi connectivity index (χ3n) is 3.74. The van der Waals surface area contributed by atoms with Gasteiger partial charge in [0.25, 0.3) is 0 Å². The monoisotopic (exact) mass is 383 g/mol. The summed E-state index contributed by atoms with van der Waals surface area (Å²) in [6.07, 6.45) is 0. The highest BCUT2D eigenvalue weighted by atomic mass is 79.9. The van der Waals surface area contributed by atoms with Crippen molar-refractivity contribution in [2.45, 2.75) is 0 Å². The maximum absolute atomic E-state index is 5.57. The smallest absolute Gasteiger partial charge is 0.142 e. The van der Waals surface area contributed by atoms with Gasteiger partial charge in [0, 0.05) is 10.2 Å². The third kappa shape index (κ3) is 3.24. The Morgan fingerprint density at radius 3 is 1.58 bits per heavy atom. The highest BCUT2D eigenvalue weighted by molar-refractivity contribution is 9.10. The van der Waals surface area contributed by atoms with Crippen LogP contribution in [0.1, 0.15) is 0 Å². The molecule has 0 heterocycles. The summed E-state index contributed by atoms with van der Waals surface area (Å²) in [5, 5.41) is 0.